The predicted octanol–water partition coefficient (Wildman–Crippen LogP) is -0.0565. The van der Waals surface area contributed by atoms with E-state index < -0.39 is 22.2 Å². The van der Waals surface area contributed by atoms with E-state index in [1.807, 2.05) is 0 Å². The Balaban J connectivity index is 3.48. The standard InChI is InChI=1S/C3H6O4S2/c4-8(5)2-1-3-9(6)7/h1-2H,3H2,(H,4,5)(H,6,7). The summed E-state index contributed by atoms with van der Waals surface area (Å²) < 4.78 is 35.9. The van der Waals surface area contributed by atoms with E-state index in [9.17, 15) is 8.42 Å². The van der Waals surface area contributed by atoms with Crippen molar-refractivity contribution in [2.45, 2.75) is 0 Å². The lowest BCUT2D eigenvalue weighted by Gasteiger charge is -1.81. The fourth-order valence-corrected chi connectivity index (χ4v) is 0.847. The fourth-order valence-electron chi connectivity index (χ4n) is 0.204. The normalized spacial score (nSPS) is 18.0. The average molecular weight is 170 g/mol. The van der Waals surface area contributed by atoms with Gasteiger partial charge in [-0.05, 0) is 0 Å². The van der Waals surface area contributed by atoms with Crippen molar-refractivity contribution in [3.8, 4) is 0 Å². The lowest BCUT2D eigenvalue weighted by molar-refractivity contribution is 0.567. The highest BCUT2D eigenvalue weighted by molar-refractivity contribution is 7.82. The Hall–Kier alpha value is -0.0400. The Morgan fingerprint density at radius 1 is 1.33 bits per heavy atom. The van der Waals surface area contributed by atoms with Gasteiger partial charge in [0, 0.05) is 5.41 Å². The van der Waals surface area contributed by atoms with Crippen molar-refractivity contribution in [3.05, 3.63) is 11.5 Å². The third-order valence-electron chi connectivity index (χ3n) is 0.451. The molecule has 0 aliphatic heterocycles. The van der Waals surface area contributed by atoms with Crippen LogP contribution in [0.3, 0.4) is 0 Å². The summed E-state index contributed by atoms with van der Waals surface area (Å²) in [6.07, 6.45) is 1.17. The van der Waals surface area contributed by atoms with Crippen LogP contribution in [0.5, 0.6) is 0 Å². The zero-order chi connectivity index (χ0) is 7.28. The SMILES string of the molecule is O=S(O)C=CCS(=O)O. The molecule has 0 heterocycles. The molecule has 0 amide bonds. The number of hydrogen-bond donors (Lipinski definition) is 2. The van der Waals surface area contributed by atoms with Gasteiger partial charge in [0.25, 0.3) is 0 Å². The molecular formula is C3H6O4S2. The molecule has 0 spiro atoms. The first-order valence-corrected chi connectivity index (χ1v) is 4.41. The second-order valence-electron chi connectivity index (χ2n) is 1.14. The molecule has 9 heavy (non-hydrogen) atoms. The molecule has 2 atom stereocenters. The highest BCUT2D eigenvalue weighted by Gasteiger charge is 1.86. The van der Waals surface area contributed by atoms with Crippen LogP contribution in [0.1, 0.15) is 0 Å². The molecule has 0 saturated heterocycles. The summed E-state index contributed by atoms with van der Waals surface area (Å²) in [7, 11) is 0. The first-order valence-electron chi connectivity index (χ1n) is 1.96. The molecule has 0 rings (SSSR count). The summed E-state index contributed by atoms with van der Waals surface area (Å²) >= 11 is -3.92. The van der Waals surface area contributed by atoms with Gasteiger partial charge in [0.05, 0.1) is 5.75 Å². The van der Waals surface area contributed by atoms with Crippen LogP contribution >= 0.6 is 0 Å². The van der Waals surface area contributed by atoms with Gasteiger partial charge in [-0.2, -0.15) is 0 Å². The van der Waals surface area contributed by atoms with E-state index in [0.717, 1.165) is 5.41 Å². The lowest BCUT2D eigenvalue weighted by Crippen LogP contribution is -1.90. The van der Waals surface area contributed by atoms with Crippen molar-refractivity contribution in [2.24, 2.45) is 0 Å². The van der Waals surface area contributed by atoms with Crippen molar-refractivity contribution in [1.29, 1.82) is 0 Å². The first kappa shape index (κ1) is 8.96. The fraction of sp³-hybridized carbons (Fsp3) is 0.333. The molecule has 0 bridgehead atoms. The van der Waals surface area contributed by atoms with Gasteiger partial charge in [0.15, 0.2) is 22.2 Å². The quantitative estimate of drug-likeness (QED) is 0.582. The molecule has 0 fully saturated rings. The van der Waals surface area contributed by atoms with Crippen molar-refractivity contribution < 1.29 is 17.5 Å². The van der Waals surface area contributed by atoms with Crippen LogP contribution in [0.2, 0.25) is 0 Å². The summed E-state index contributed by atoms with van der Waals surface area (Å²) in [5.41, 5.74) is 0. The Morgan fingerprint density at radius 3 is 2.22 bits per heavy atom. The molecule has 2 unspecified atom stereocenters. The molecule has 0 aromatic rings. The van der Waals surface area contributed by atoms with Gasteiger partial charge in [-0.15, -0.1) is 0 Å². The van der Waals surface area contributed by atoms with E-state index in [4.69, 9.17) is 9.11 Å². The highest BCUT2D eigenvalue weighted by atomic mass is 32.2. The summed E-state index contributed by atoms with van der Waals surface area (Å²) in [6.45, 7) is 0. The van der Waals surface area contributed by atoms with Crippen LogP contribution in [0.4, 0.5) is 0 Å². The smallest absolute Gasteiger partial charge is 0.178 e. The highest BCUT2D eigenvalue weighted by Crippen LogP contribution is 1.80. The maximum absolute atomic E-state index is 9.86. The molecule has 54 valence electrons. The molecule has 0 aliphatic carbocycles. The number of rotatable bonds is 3. The maximum Gasteiger partial charge on any atom is 0.178 e. The van der Waals surface area contributed by atoms with Gasteiger partial charge in [-0.1, -0.05) is 6.08 Å². The van der Waals surface area contributed by atoms with Crippen molar-refractivity contribution in [2.75, 3.05) is 5.75 Å². The third-order valence-corrected chi connectivity index (χ3v) is 1.35. The Morgan fingerprint density at radius 2 is 1.89 bits per heavy atom. The van der Waals surface area contributed by atoms with Crippen LogP contribution < -0.4 is 0 Å². The summed E-state index contributed by atoms with van der Waals surface area (Å²) in [5, 5.41) is 0.939. The monoisotopic (exact) mass is 170 g/mol. The molecule has 0 radical (unpaired) electrons. The average Bonchev–Trinajstić information content (AvgIpc) is 1.63. The largest absolute Gasteiger partial charge is 0.306 e. The molecule has 0 saturated carbocycles. The van der Waals surface area contributed by atoms with Crippen LogP contribution in [0, 0.1) is 0 Å². The van der Waals surface area contributed by atoms with E-state index in [0.29, 0.717) is 0 Å². The van der Waals surface area contributed by atoms with Gasteiger partial charge in [0.2, 0.25) is 0 Å². The zero-order valence-electron chi connectivity index (χ0n) is 4.39. The summed E-state index contributed by atoms with van der Waals surface area (Å²) in [4.78, 5) is 0. The summed E-state index contributed by atoms with van der Waals surface area (Å²) in [5.74, 6) is -0.105. The Labute approximate surface area is 57.5 Å². The van der Waals surface area contributed by atoms with Crippen LogP contribution in [0.15, 0.2) is 11.5 Å². The van der Waals surface area contributed by atoms with Gasteiger partial charge >= 0.3 is 0 Å². The van der Waals surface area contributed by atoms with Gasteiger partial charge < -0.3 is 9.11 Å². The van der Waals surface area contributed by atoms with E-state index in [2.05, 4.69) is 0 Å². The number of hydrogen-bond acceptors (Lipinski definition) is 2. The molecule has 0 aromatic carbocycles. The van der Waals surface area contributed by atoms with E-state index in [1.165, 1.54) is 6.08 Å². The van der Waals surface area contributed by atoms with Crippen molar-refractivity contribution in [3.63, 3.8) is 0 Å². The topological polar surface area (TPSA) is 74.6 Å². The molecular weight excluding hydrogens is 164 g/mol. The van der Waals surface area contributed by atoms with Gasteiger partial charge in [-0.25, -0.2) is 8.42 Å². The Kier molecular flexibility index (Phi) is 4.78. The minimum atomic E-state index is -2.01. The van der Waals surface area contributed by atoms with Crippen LogP contribution in [0.25, 0.3) is 0 Å². The minimum Gasteiger partial charge on any atom is -0.306 e. The molecule has 2 N–H and O–H groups in total. The van der Waals surface area contributed by atoms with Gasteiger partial charge in [-0.3, -0.25) is 0 Å². The lowest BCUT2D eigenvalue weighted by atomic mass is 10.8. The van der Waals surface area contributed by atoms with Crippen molar-refractivity contribution >= 4 is 22.2 Å². The second kappa shape index (κ2) is 4.80. The van der Waals surface area contributed by atoms with E-state index in [1.54, 1.807) is 0 Å². The molecule has 6 heteroatoms. The molecule has 0 aliphatic rings. The molecule has 4 nitrogen and oxygen atoms in total. The predicted molar refractivity (Wildman–Crippen MR) is 35.5 cm³/mol. The summed E-state index contributed by atoms with van der Waals surface area (Å²) in [6, 6.07) is 0. The van der Waals surface area contributed by atoms with Gasteiger partial charge in [0.1, 0.15) is 0 Å². The van der Waals surface area contributed by atoms with Crippen LogP contribution in [-0.2, 0) is 22.2 Å². The van der Waals surface area contributed by atoms with E-state index in [-0.39, 0.29) is 5.75 Å². The third kappa shape index (κ3) is 7.96. The zero-order valence-corrected chi connectivity index (χ0v) is 6.02. The van der Waals surface area contributed by atoms with Crippen molar-refractivity contribution in [1.82, 2.24) is 0 Å². The Bertz CT molecular complexity index is 152. The maximum atomic E-state index is 9.86. The van der Waals surface area contributed by atoms with Crippen LogP contribution in [-0.4, -0.2) is 23.3 Å². The first-order chi connectivity index (χ1) is 4.13. The minimum absolute atomic E-state index is 0.105. The van der Waals surface area contributed by atoms with E-state index >= 15 is 0 Å². The molecule has 0 aromatic heterocycles. The second-order valence-corrected chi connectivity index (χ2v) is 2.94.